The average molecular weight is 420 g/mol. The number of aromatic nitrogens is 4. The Labute approximate surface area is 173 Å². The van der Waals surface area contributed by atoms with E-state index >= 15 is 0 Å². The first kappa shape index (κ1) is 23.2. The van der Waals surface area contributed by atoms with E-state index in [9.17, 15) is 9.59 Å². The van der Waals surface area contributed by atoms with Crippen LogP contribution in [0.1, 0.15) is 32.4 Å². The monoisotopic (exact) mass is 420 g/mol. The molecule has 30 heavy (non-hydrogen) atoms. The molecule has 0 unspecified atom stereocenters. The molecule has 0 spiro atoms. The molecule has 1 N–H and O–H groups in total. The second-order valence-electron chi connectivity index (χ2n) is 5.93. The van der Waals surface area contributed by atoms with Crippen LogP contribution in [0.25, 0.3) is 0 Å². The quantitative estimate of drug-likeness (QED) is 0.214. The molecular formula is C19H24N4O7. The fourth-order valence-corrected chi connectivity index (χ4v) is 2.40. The molecule has 11 nitrogen and oxygen atoms in total. The van der Waals surface area contributed by atoms with Gasteiger partial charge in [-0.25, -0.2) is 9.59 Å². The molecule has 0 aromatic carbocycles. The van der Waals surface area contributed by atoms with Gasteiger partial charge in [-0.1, -0.05) is 5.92 Å². The Kier molecular flexibility index (Phi) is 9.69. The Morgan fingerprint density at radius 3 is 2.60 bits per heavy atom. The molecule has 0 aliphatic carbocycles. The minimum absolute atomic E-state index is 0.0237. The molecule has 0 bridgehead atoms. The van der Waals surface area contributed by atoms with Crippen molar-refractivity contribution in [3.05, 3.63) is 34.9 Å². The zero-order chi connectivity index (χ0) is 21.8. The largest absolute Gasteiger partial charge is 0.383 e. The molecule has 2 aromatic heterocycles. The Bertz CT molecular complexity index is 869. The summed E-state index contributed by atoms with van der Waals surface area (Å²) in [7, 11) is 3.02. The predicted molar refractivity (Wildman–Crippen MR) is 102 cm³/mol. The molecule has 0 aliphatic rings. The van der Waals surface area contributed by atoms with Crippen LogP contribution in [-0.4, -0.2) is 72.6 Å². The minimum atomic E-state index is -0.886. The van der Waals surface area contributed by atoms with Gasteiger partial charge in [-0.05, 0) is 12.1 Å². The third-order valence-electron chi connectivity index (χ3n) is 3.70. The number of esters is 2. The van der Waals surface area contributed by atoms with Gasteiger partial charge >= 0.3 is 11.9 Å². The smallest absolute Gasteiger partial charge is 0.366 e. The van der Waals surface area contributed by atoms with E-state index in [1.807, 2.05) is 0 Å². The molecule has 2 rings (SSSR count). The zero-order valence-corrected chi connectivity index (χ0v) is 16.9. The molecule has 0 amide bonds. The van der Waals surface area contributed by atoms with E-state index in [1.54, 1.807) is 4.68 Å². The molecule has 2 aromatic rings. The molecule has 0 aliphatic heterocycles. The molecule has 162 valence electrons. The zero-order valence-electron chi connectivity index (χ0n) is 16.9. The van der Waals surface area contributed by atoms with Gasteiger partial charge in [-0.2, -0.15) is 10.2 Å². The topological polar surface area (TPSA) is 127 Å². The first-order valence-corrected chi connectivity index (χ1v) is 9.03. The lowest BCUT2D eigenvalue weighted by Crippen LogP contribution is -2.16. The number of ether oxygens (including phenoxy) is 5. The van der Waals surface area contributed by atoms with Gasteiger partial charge in [0.2, 0.25) is 0 Å². The van der Waals surface area contributed by atoms with Gasteiger partial charge in [0.1, 0.15) is 12.3 Å². The highest BCUT2D eigenvalue weighted by Crippen LogP contribution is 2.10. The second-order valence-corrected chi connectivity index (χ2v) is 5.93. The summed E-state index contributed by atoms with van der Waals surface area (Å²) in [5.74, 6) is 0.611. The van der Waals surface area contributed by atoms with Crippen LogP contribution in [0.4, 0.5) is 0 Å². The molecular weight excluding hydrogens is 396 g/mol. The lowest BCUT2D eigenvalue weighted by Gasteiger charge is -2.07. The molecule has 0 atom stereocenters. The highest BCUT2D eigenvalue weighted by Gasteiger charge is 2.21. The van der Waals surface area contributed by atoms with Crippen molar-refractivity contribution in [2.45, 2.75) is 19.8 Å². The van der Waals surface area contributed by atoms with Gasteiger partial charge in [0.15, 0.2) is 5.69 Å². The first-order valence-electron chi connectivity index (χ1n) is 9.03. The van der Waals surface area contributed by atoms with Gasteiger partial charge in [-0.15, -0.1) is 6.42 Å². The summed E-state index contributed by atoms with van der Waals surface area (Å²) in [5.41, 5.74) is 1.15. The van der Waals surface area contributed by atoms with Crippen molar-refractivity contribution in [1.29, 1.82) is 0 Å². The standard InChI is InChI=1S/C19H24N4O7/c1-4-6-28-8-9-29-7-5-23-15(13-27-3)11-17(22-23)19(25)30-18(24)16-10-14(12-26-2)20-21-16/h1,10-11H,5-9,12-13H2,2-3H3,(H,20,21). The number of rotatable bonds is 13. The van der Waals surface area contributed by atoms with Crippen LogP contribution in [0.15, 0.2) is 12.1 Å². The molecule has 0 fully saturated rings. The number of nitrogens with zero attached hydrogens (tertiary/aromatic N) is 3. The number of hydrogen-bond donors (Lipinski definition) is 1. The number of H-pyrrole nitrogens is 1. The number of carbonyl (C=O) groups is 2. The van der Waals surface area contributed by atoms with Gasteiger partial charge in [0, 0.05) is 14.2 Å². The summed E-state index contributed by atoms with van der Waals surface area (Å²) in [6.07, 6.45) is 5.09. The van der Waals surface area contributed by atoms with E-state index in [2.05, 4.69) is 21.2 Å². The lowest BCUT2D eigenvalue weighted by molar-refractivity contribution is 0.0387. The number of methoxy groups -OCH3 is 2. The van der Waals surface area contributed by atoms with E-state index in [-0.39, 0.29) is 31.2 Å². The summed E-state index contributed by atoms with van der Waals surface area (Å²) in [6, 6.07) is 2.94. The lowest BCUT2D eigenvalue weighted by atomic mass is 10.3. The van der Waals surface area contributed by atoms with Gasteiger partial charge in [0.05, 0.1) is 51.0 Å². The van der Waals surface area contributed by atoms with Crippen LogP contribution in [0.5, 0.6) is 0 Å². The van der Waals surface area contributed by atoms with Crippen LogP contribution < -0.4 is 0 Å². The normalized spacial score (nSPS) is 10.7. The molecule has 0 radical (unpaired) electrons. The van der Waals surface area contributed by atoms with Crippen LogP contribution in [0, 0.1) is 12.3 Å². The maximum absolute atomic E-state index is 12.3. The SMILES string of the molecule is C#CCOCCOCCn1nc(C(=O)OC(=O)c2cc(COC)n[nH]2)cc1COC. The number of carbonyl (C=O) groups excluding carboxylic acids is 2. The number of terminal acetylenes is 1. The molecule has 0 saturated carbocycles. The average Bonchev–Trinajstić information content (AvgIpc) is 3.35. The Morgan fingerprint density at radius 2 is 1.87 bits per heavy atom. The Balaban J connectivity index is 1.92. The number of aromatic amines is 1. The first-order chi connectivity index (χ1) is 14.6. The maximum atomic E-state index is 12.3. The molecule has 11 heteroatoms. The summed E-state index contributed by atoms with van der Waals surface area (Å²) in [4.78, 5) is 24.4. The van der Waals surface area contributed by atoms with E-state index in [1.165, 1.54) is 26.4 Å². The van der Waals surface area contributed by atoms with E-state index in [0.717, 1.165) is 0 Å². The number of nitrogens with one attached hydrogen (secondary N) is 1. The van der Waals surface area contributed by atoms with Gasteiger partial charge in [0.25, 0.3) is 0 Å². The van der Waals surface area contributed by atoms with Crippen LogP contribution >= 0.6 is 0 Å². The van der Waals surface area contributed by atoms with Crippen LogP contribution in [-0.2, 0) is 43.4 Å². The van der Waals surface area contributed by atoms with Crippen molar-refractivity contribution in [3.63, 3.8) is 0 Å². The summed E-state index contributed by atoms with van der Waals surface area (Å²) in [6.45, 7) is 2.14. The second kappa shape index (κ2) is 12.5. The third kappa shape index (κ3) is 7.09. The van der Waals surface area contributed by atoms with Crippen LogP contribution in [0.2, 0.25) is 0 Å². The molecule has 0 saturated heterocycles. The fourth-order valence-electron chi connectivity index (χ4n) is 2.40. The summed E-state index contributed by atoms with van der Waals surface area (Å²) in [5, 5.41) is 10.6. The highest BCUT2D eigenvalue weighted by atomic mass is 16.6. The van der Waals surface area contributed by atoms with E-state index < -0.39 is 11.9 Å². The van der Waals surface area contributed by atoms with Crippen molar-refractivity contribution >= 4 is 11.9 Å². The van der Waals surface area contributed by atoms with Crippen LogP contribution in [0.3, 0.4) is 0 Å². The maximum Gasteiger partial charge on any atom is 0.366 e. The van der Waals surface area contributed by atoms with Gasteiger partial charge < -0.3 is 23.7 Å². The fraction of sp³-hybridized carbons (Fsp3) is 0.474. The van der Waals surface area contributed by atoms with Crippen molar-refractivity contribution in [3.8, 4) is 12.3 Å². The van der Waals surface area contributed by atoms with E-state index in [0.29, 0.717) is 37.8 Å². The van der Waals surface area contributed by atoms with Crippen molar-refractivity contribution in [2.75, 3.05) is 40.6 Å². The van der Waals surface area contributed by atoms with Crippen molar-refractivity contribution < 1.29 is 33.3 Å². The predicted octanol–water partition coefficient (Wildman–Crippen LogP) is 0.563. The summed E-state index contributed by atoms with van der Waals surface area (Å²) >= 11 is 0. The highest BCUT2D eigenvalue weighted by molar-refractivity contribution is 6.00. The Morgan fingerprint density at radius 1 is 1.10 bits per heavy atom. The number of hydrogen-bond acceptors (Lipinski definition) is 9. The third-order valence-corrected chi connectivity index (χ3v) is 3.70. The summed E-state index contributed by atoms with van der Waals surface area (Å²) < 4.78 is 27.0. The van der Waals surface area contributed by atoms with Crippen molar-refractivity contribution in [1.82, 2.24) is 20.0 Å². The van der Waals surface area contributed by atoms with E-state index in [4.69, 9.17) is 30.1 Å². The Hall–Kier alpha value is -3.04. The molecule has 2 heterocycles. The van der Waals surface area contributed by atoms with Gasteiger partial charge in [-0.3, -0.25) is 9.78 Å². The minimum Gasteiger partial charge on any atom is -0.383 e. The van der Waals surface area contributed by atoms with Crippen molar-refractivity contribution in [2.24, 2.45) is 0 Å².